The van der Waals surface area contributed by atoms with Gasteiger partial charge in [0.2, 0.25) is 0 Å². The molecule has 0 radical (unpaired) electrons. The van der Waals surface area contributed by atoms with Crippen LogP contribution in [0.4, 0.5) is 4.39 Å². The molecule has 0 aliphatic carbocycles. The second-order valence-corrected chi connectivity index (χ2v) is 4.91. The zero-order chi connectivity index (χ0) is 17.4. The van der Waals surface area contributed by atoms with Crippen molar-refractivity contribution in [1.82, 2.24) is 10.6 Å². The van der Waals surface area contributed by atoms with Crippen molar-refractivity contribution >= 4 is 17.9 Å². The molecule has 0 spiro atoms. The number of nitrogens with one attached hydrogen (secondary N) is 2. The number of amides is 2. The van der Waals surface area contributed by atoms with Crippen LogP contribution >= 0.6 is 0 Å². The van der Waals surface area contributed by atoms with Crippen molar-refractivity contribution in [2.45, 2.75) is 0 Å². The third kappa shape index (κ3) is 5.03. The summed E-state index contributed by atoms with van der Waals surface area (Å²) in [6.45, 7) is -0.164. The highest BCUT2D eigenvalue weighted by molar-refractivity contribution is 6.05. The van der Waals surface area contributed by atoms with Gasteiger partial charge in [0.1, 0.15) is 11.5 Å². The lowest BCUT2D eigenvalue weighted by Gasteiger charge is -2.10. The molecule has 0 saturated heterocycles. The van der Waals surface area contributed by atoms with Gasteiger partial charge in [0.15, 0.2) is 0 Å². The van der Waals surface area contributed by atoms with Gasteiger partial charge in [0.25, 0.3) is 11.8 Å². The van der Waals surface area contributed by atoms with E-state index in [0.29, 0.717) is 11.1 Å². The van der Waals surface area contributed by atoms with Gasteiger partial charge < -0.3 is 15.7 Å². The molecule has 2 rings (SSSR count). The van der Waals surface area contributed by atoms with Crippen molar-refractivity contribution in [3.05, 3.63) is 77.2 Å². The molecule has 3 N–H and O–H groups in total. The molecule has 0 aromatic heterocycles. The van der Waals surface area contributed by atoms with Gasteiger partial charge in [-0.15, -0.1) is 0 Å². The minimum atomic E-state index is -0.544. The number of halogens is 1. The van der Waals surface area contributed by atoms with Crippen LogP contribution in [0.15, 0.2) is 60.3 Å². The van der Waals surface area contributed by atoms with Gasteiger partial charge in [0, 0.05) is 12.1 Å². The Kier molecular flexibility index (Phi) is 6.22. The van der Waals surface area contributed by atoms with E-state index in [9.17, 15) is 14.0 Å². The number of aliphatic hydroxyl groups excluding tert-OH is 1. The second-order valence-electron chi connectivity index (χ2n) is 4.91. The van der Waals surface area contributed by atoms with Crippen LogP contribution in [0.3, 0.4) is 0 Å². The Balaban J connectivity index is 2.23. The van der Waals surface area contributed by atoms with Gasteiger partial charge in [-0.3, -0.25) is 9.59 Å². The van der Waals surface area contributed by atoms with Crippen LogP contribution in [-0.2, 0) is 4.79 Å². The molecule has 0 fully saturated rings. The molecule has 0 unspecified atom stereocenters. The van der Waals surface area contributed by atoms with Crippen LogP contribution in [-0.4, -0.2) is 30.1 Å². The molecule has 2 aromatic rings. The maximum absolute atomic E-state index is 13.0. The Hall–Kier alpha value is -2.99. The van der Waals surface area contributed by atoms with Crippen LogP contribution in [0.2, 0.25) is 0 Å². The molecule has 2 amide bonds. The smallest absolute Gasteiger partial charge is 0.267 e. The van der Waals surface area contributed by atoms with E-state index < -0.39 is 17.6 Å². The summed E-state index contributed by atoms with van der Waals surface area (Å²) in [4.78, 5) is 24.4. The van der Waals surface area contributed by atoms with E-state index in [0.717, 1.165) is 0 Å². The maximum Gasteiger partial charge on any atom is 0.267 e. The van der Waals surface area contributed by atoms with E-state index in [2.05, 4.69) is 10.6 Å². The van der Waals surface area contributed by atoms with E-state index in [1.165, 1.54) is 30.3 Å². The number of aliphatic hydroxyl groups is 1. The molecular weight excluding hydrogens is 311 g/mol. The van der Waals surface area contributed by atoms with E-state index in [4.69, 9.17) is 5.11 Å². The molecule has 0 aliphatic rings. The van der Waals surface area contributed by atoms with E-state index in [1.54, 1.807) is 30.3 Å². The topological polar surface area (TPSA) is 78.4 Å². The molecule has 5 nitrogen and oxygen atoms in total. The lowest BCUT2D eigenvalue weighted by atomic mass is 10.1. The standard InChI is InChI=1S/C18H17FN2O3/c19-15-8-6-13(7-9-15)12-16(18(24)20-10-11-22)21-17(23)14-4-2-1-3-5-14/h1-9,12,22H,10-11H2,(H,20,24)(H,21,23)/b16-12+. The van der Waals surface area contributed by atoms with Gasteiger partial charge in [-0.1, -0.05) is 30.3 Å². The molecule has 0 saturated carbocycles. The first-order chi connectivity index (χ1) is 11.6. The first-order valence-electron chi connectivity index (χ1n) is 7.33. The SMILES string of the molecule is O=C(NCCO)/C(=C\c1ccc(F)cc1)NC(=O)c1ccccc1. The summed E-state index contributed by atoms with van der Waals surface area (Å²) < 4.78 is 13.0. The molecule has 0 aliphatic heterocycles. The Bertz CT molecular complexity index is 728. The van der Waals surface area contributed by atoms with Gasteiger partial charge in [-0.05, 0) is 35.9 Å². The summed E-state index contributed by atoms with van der Waals surface area (Å²) in [5, 5.41) is 13.8. The maximum atomic E-state index is 13.0. The summed E-state index contributed by atoms with van der Waals surface area (Å²) in [5.41, 5.74) is 0.959. The summed E-state index contributed by atoms with van der Waals surface area (Å²) >= 11 is 0. The molecule has 124 valence electrons. The summed E-state index contributed by atoms with van der Waals surface area (Å²) in [6.07, 6.45) is 1.44. The highest BCUT2D eigenvalue weighted by Crippen LogP contribution is 2.08. The number of hydrogen-bond donors (Lipinski definition) is 3. The Morgan fingerprint density at radius 2 is 1.71 bits per heavy atom. The highest BCUT2D eigenvalue weighted by Gasteiger charge is 2.14. The van der Waals surface area contributed by atoms with Crippen LogP contribution < -0.4 is 10.6 Å². The predicted molar refractivity (Wildman–Crippen MR) is 88.4 cm³/mol. The van der Waals surface area contributed by atoms with Crippen molar-refractivity contribution in [2.75, 3.05) is 13.2 Å². The fourth-order valence-electron chi connectivity index (χ4n) is 1.93. The lowest BCUT2D eigenvalue weighted by Crippen LogP contribution is -2.36. The molecule has 0 atom stereocenters. The summed E-state index contributed by atoms with van der Waals surface area (Å²) in [7, 11) is 0. The third-order valence-corrected chi connectivity index (χ3v) is 3.11. The average Bonchev–Trinajstić information content (AvgIpc) is 2.61. The fraction of sp³-hybridized carbons (Fsp3) is 0.111. The first kappa shape index (κ1) is 17.4. The number of rotatable bonds is 6. The van der Waals surface area contributed by atoms with Crippen molar-refractivity contribution in [2.24, 2.45) is 0 Å². The number of carbonyl (C=O) groups excluding carboxylic acids is 2. The van der Waals surface area contributed by atoms with Crippen molar-refractivity contribution in [3.63, 3.8) is 0 Å². The van der Waals surface area contributed by atoms with Crippen LogP contribution in [0.1, 0.15) is 15.9 Å². The zero-order valence-electron chi connectivity index (χ0n) is 12.8. The molecule has 0 heterocycles. The number of hydrogen-bond acceptors (Lipinski definition) is 3. The monoisotopic (exact) mass is 328 g/mol. The number of benzene rings is 2. The van der Waals surface area contributed by atoms with E-state index >= 15 is 0 Å². The predicted octanol–water partition coefficient (Wildman–Crippen LogP) is 1.71. The molecule has 0 bridgehead atoms. The summed E-state index contributed by atoms with van der Waals surface area (Å²) in [5.74, 6) is -1.38. The average molecular weight is 328 g/mol. The Morgan fingerprint density at radius 3 is 2.33 bits per heavy atom. The lowest BCUT2D eigenvalue weighted by molar-refractivity contribution is -0.117. The van der Waals surface area contributed by atoms with Crippen LogP contribution in [0.5, 0.6) is 0 Å². The van der Waals surface area contributed by atoms with Crippen molar-refractivity contribution < 1.29 is 19.1 Å². The normalized spacial score (nSPS) is 11.0. The van der Waals surface area contributed by atoms with Gasteiger partial charge in [0.05, 0.1) is 6.61 Å². The van der Waals surface area contributed by atoms with Crippen molar-refractivity contribution in [3.8, 4) is 0 Å². The number of carbonyl (C=O) groups is 2. The zero-order valence-corrected chi connectivity index (χ0v) is 12.8. The Labute approximate surface area is 138 Å². The first-order valence-corrected chi connectivity index (χ1v) is 7.33. The van der Waals surface area contributed by atoms with Crippen LogP contribution in [0, 0.1) is 5.82 Å². The minimum absolute atomic E-state index is 0.00362. The molecular formula is C18H17FN2O3. The molecule has 2 aromatic carbocycles. The van der Waals surface area contributed by atoms with E-state index in [1.807, 2.05) is 0 Å². The van der Waals surface area contributed by atoms with Gasteiger partial charge >= 0.3 is 0 Å². The van der Waals surface area contributed by atoms with Gasteiger partial charge in [-0.2, -0.15) is 0 Å². The van der Waals surface area contributed by atoms with Crippen LogP contribution in [0.25, 0.3) is 6.08 Å². The molecule has 6 heteroatoms. The van der Waals surface area contributed by atoms with Gasteiger partial charge in [-0.25, -0.2) is 4.39 Å². The van der Waals surface area contributed by atoms with E-state index in [-0.39, 0.29) is 18.8 Å². The largest absolute Gasteiger partial charge is 0.395 e. The quantitative estimate of drug-likeness (QED) is 0.706. The third-order valence-electron chi connectivity index (χ3n) is 3.11. The summed E-state index contributed by atoms with van der Waals surface area (Å²) in [6, 6.07) is 13.9. The molecule has 24 heavy (non-hydrogen) atoms. The highest BCUT2D eigenvalue weighted by atomic mass is 19.1. The fourth-order valence-corrected chi connectivity index (χ4v) is 1.93. The minimum Gasteiger partial charge on any atom is -0.395 e. The van der Waals surface area contributed by atoms with Crippen molar-refractivity contribution in [1.29, 1.82) is 0 Å². The Morgan fingerprint density at radius 1 is 1.04 bits per heavy atom. The second kappa shape index (κ2) is 8.59.